The van der Waals surface area contributed by atoms with E-state index in [1.807, 2.05) is 61.5 Å². The summed E-state index contributed by atoms with van der Waals surface area (Å²) in [5, 5.41) is 6.31. The quantitative estimate of drug-likeness (QED) is 0.583. The molecule has 1 N–H and O–H groups in total. The standard InChI is InChI=1S/C22H18N2O/c1-15-12-13-17-8-5-11-20(22(17)23-15)24-21(25)14-18-9-4-7-16-6-2-3-10-19(16)18/h2-13H,14H2,1H3,(H,24,25). The van der Waals surface area contributed by atoms with Crippen LogP contribution < -0.4 is 5.32 Å². The number of hydrogen-bond donors (Lipinski definition) is 1. The first kappa shape index (κ1) is 15.3. The summed E-state index contributed by atoms with van der Waals surface area (Å²) in [6.45, 7) is 1.95. The van der Waals surface area contributed by atoms with Crippen molar-refractivity contribution in [3.8, 4) is 0 Å². The largest absolute Gasteiger partial charge is 0.324 e. The molecule has 0 unspecified atom stereocenters. The topological polar surface area (TPSA) is 42.0 Å². The SMILES string of the molecule is Cc1ccc2cccc(NC(=O)Cc3cccc4ccccc34)c2n1. The average Bonchev–Trinajstić information content (AvgIpc) is 2.62. The highest BCUT2D eigenvalue weighted by Crippen LogP contribution is 2.23. The van der Waals surface area contributed by atoms with Crippen LogP contribution in [0.15, 0.2) is 72.8 Å². The molecule has 1 aromatic heterocycles. The van der Waals surface area contributed by atoms with E-state index >= 15 is 0 Å². The van der Waals surface area contributed by atoms with Gasteiger partial charge >= 0.3 is 0 Å². The Balaban J connectivity index is 1.63. The predicted octanol–water partition coefficient (Wildman–Crippen LogP) is 4.88. The van der Waals surface area contributed by atoms with Crippen LogP contribution in [-0.2, 0) is 11.2 Å². The summed E-state index contributed by atoms with van der Waals surface area (Å²) in [6.07, 6.45) is 0.337. The average molecular weight is 326 g/mol. The molecule has 0 spiro atoms. The van der Waals surface area contributed by atoms with Crippen LogP contribution in [0.3, 0.4) is 0 Å². The van der Waals surface area contributed by atoms with Crippen molar-refractivity contribution < 1.29 is 4.79 Å². The first-order valence-electron chi connectivity index (χ1n) is 8.33. The molecule has 0 radical (unpaired) electrons. The number of pyridine rings is 1. The summed E-state index contributed by atoms with van der Waals surface area (Å²) in [4.78, 5) is 17.2. The summed E-state index contributed by atoms with van der Waals surface area (Å²) >= 11 is 0. The van der Waals surface area contributed by atoms with Crippen LogP contribution in [0, 0.1) is 6.92 Å². The number of benzene rings is 3. The van der Waals surface area contributed by atoms with E-state index in [2.05, 4.69) is 28.5 Å². The van der Waals surface area contributed by atoms with Gasteiger partial charge in [-0.3, -0.25) is 9.78 Å². The number of nitrogens with zero attached hydrogens (tertiary/aromatic N) is 1. The second-order valence-corrected chi connectivity index (χ2v) is 6.19. The molecule has 0 aliphatic heterocycles. The highest BCUT2D eigenvalue weighted by Gasteiger charge is 2.10. The van der Waals surface area contributed by atoms with Gasteiger partial charge in [0, 0.05) is 11.1 Å². The second-order valence-electron chi connectivity index (χ2n) is 6.19. The molecule has 0 saturated carbocycles. The summed E-state index contributed by atoms with van der Waals surface area (Å²) in [5.41, 5.74) is 3.54. The molecule has 0 fully saturated rings. The number of aromatic nitrogens is 1. The Kier molecular flexibility index (Phi) is 3.90. The molecule has 25 heavy (non-hydrogen) atoms. The molecule has 3 heteroatoms. The van der Waals surface area contributed by atoms with E-state index in [9.17, 15) is 4.79 Å². The fraction of sp³-hybridized carbons (Fsp3) is 0.0909. The van der Waals surface area contributed by atoms with Crippen molar-refractivity contribution in [3.63, 3.8) is 0 Å². The highest BCUT2D eigenvalue weighted by atomic mass is 16.1. The molecule has 122 valence electrons. The van der Waals surface area contributed by atoms with Gasteiger partial charge < -0.3 is 5.32 Å². The Bertz CT molecular complexity index is 1080. The smallest absolute Gasteiger partial charge is 0.228 e. The molecular formula is C22H18N2O. The van der Waals surface area contributed by atoms with Gasteiger partial charge in [-0.25, -0.2) is 0 Å². The first-order chi connectivity index (χ1) is 12.2. The van der Waals surface area contributed by atoms with Crippen LogP contribution >= 0.6 is 0 Å². The molecule has 0 saturated heterocycles. The number of hydrogen-bond acceptors (Lipinski definition) is 2. The van der Waals surface area contributed by atoms with Crippen molar-refractivity contribution in [2.75, 3.05) is 5.32 Å². The summed E-state index contributed by atoms with van der Waals surface area (Å²) in [6, 6.07) is 24.0. The number of rotatable bonds is 3. The van der Waals surface area contributed by atoms with Crippen LogP contribution in [0.25, 0.3) is 21.7 Å². The first-order valence-corrected chi connectivity index (χ1v) is 8.33. The van der Waals surface area contributed by atoms with E-state index in [1.165, 1.54) is 0 Å². The Morgan fingerprint density at radius 1 is 0.880 bits per heavy atom. The van der Waals surface area contributed by atoms with Gasteiger partial charge in [-0.1, -0.05) is 60.7 Å². The van der Waals surface area contributed by atoms with Crippen molar-refractivity contribution in [3.05, 3.63) is 84.1 Å². The number of fused-ring (bicyclic) bond motifs is 2. The van der Waals surface area contributed by atoms with Gasteiger partial charge in [0.25, 0.3) is 0 Å². The number of nitrogens with one attached hydrogen (secondary N) is 1. The summed E-state index contributed by atoms with van der Waals surface area (Å²) < 4.78 is 0. The van der Waals surface area contributed by atoms with Crippen LogP contribution in [-0.4, -0.2) is 10.9 Å². The Morgan fingerprint density at radius 3 is 2.56 bits per heavy atom. The third-order valence-electron chi connectivity index (χ3n) is 4.36. The maximum absolute atomic E-state index is 12.6. The van der Waals surface area contributed by atoms with E-state index in [-0.39, 0.29) is 5.91 Å². The van der Waals surface area contributed by atoms with Gasteiger partial charge in [0.15, 0.2) is 0 Å². The molecule has 0 aliphatic carbocycles. The zero-order valence-corrected chi connectivity index (χ0v) is 14.0. The van der Waals surface area contributed by atoms with Crippen molar-refractivity contribution in [2.24, 2.45) is 0 Å². The van der Waals surface area contributed by atoms with Crippen molar-refractivity contribution in [2.45, 2.75) is 13.3 Å². The molecule has 1 amide bonds. The number of amides is 1. The van der Waals surface area contributed by atoms with Gasteiger partial charge in [0.05, 0.1) is 17.6 Å². The van der Waals surface area contributed by atoms with Gasteiger partial charge in [0.1, 0.15) is 0 Å². The molecule has 0 bridgehead atoms. The number of anilines is 1. The van der Waals surface area contributed by atoms with E-state index in [1.54, 1.807) is 0 Å². The molecule has 0 atom stereocenters. The van der Waals surface area contributed by atoms with Crippen molar-refractivity contribution in [1.29, 1.82) is 0 Å². The lowest BCUT2D eigenvalue weighted by Crippen LogP contribution is -2.15. The summed E-state index contributed by atoms with van der Waals surface area (Å²) in [7, 11) is 0. The zero-order valence-electron chi connectivity index (χ0n) is 14.0. The maximum atomic E-state index is 12.6. The van der Waals surface area contributed by atoms with Crippen LogP contribution in [0.2, 0.25) is 0 Å². The minimum absolute atomic E-state index is 0.0350. The molecule has 1 heterocycles. The zero-order chi connectivity index (χ0) is 17.2. The van der Waals surface area contributed by atoms with Gasteiger partial charge in [-0.15, -0.1) is 0 Å². The minimum Gasteiger partial charge on any atom is -0.324 e. The van der Waals surface area contributed by atoms with E-state index in [4.69, 9.17) is 0 Å². The fourth-order valence-corrected chi connectivity index (χ4v) is 3.16. The van der Waals surface area contributed by atoms with Crippen LogP contribution in [0.5, 0.6) is 0 Å². The second kappa shape index (κ2) is 6.36. The molecule has 3 nitrogen and oxygen atoms in total. The molecule has 4 rings (SSSR count). The molecule has 3 aromatic carbocycles. The fourth-order valence-electron chi connectivity index (χ4n) is 3.16. The summed E-state index contributed by atoms with van der Waals surface area (Å²) in [5.74, 6) is -0.0350. The lowest BCUT2D eigenvalue weighted by molar-refractivity contribution is -0.115. The van der Waals surface area contributed by atoms with Crippen LogP contribution in [0.1, 0.15) is 11.3 Å². The molecular weight excluding hydrogens is 308 g/mol. The lowest BCUT2D eigenvalue weighted by Gasteiger charge is -2.10. The number of para-hydroxylation sites is 1. The monoisotopic (exact) mass is 326 g/mol. The third kappa shape index (κ3) is 3.09. The normalized spacial score (nSPS) is 10.9. The third-order valence-corrected chi connectivity index (χ3v) is 4.36. The Morgan fingerprint density at radius 2 is 1.64 bits per heavy atom. The molecule has 0 aliphatic rings. The predicted molar refractivity (Wildman–Crippen MR) is 103 cm³/mol. The number of carbonyl (C=O) groups excluding carboxylic acids is 1. The van der Waals surface area contributed by atoms with E-state index in [0.717, 1.165) is 38.6 Å². The minimum atomic E-state index is -0.0350. The number of aryl methyl sites for hydroxylation is 1. The maximum Gasteiger partial charge on any atom is 0.228 e. The van der Waals surface area contributed by atoms with Gasteiger partial charge in [0.2, 0.25) is 5.91 Å². The Labute approximate surface area is 146 Å². The van der Waals surface area contributed by atoms with E-state index < -0.39 is 0 Å². The van der Waals surface area contributed by atoms with Gasteiger partial charge in [-0.05, 0) is 35.4 Å². The van der Waals surface area contributed by atoms with Crippen LogP contribution in [0.4, 0.5) is 5.69 Å². The number of carbonyl (C=O) groups is 1. The van der Waals surface area contributed by atoms with Gasteiger partial charge in [-0.2, -0.15) is 0 Å². The van der Waals surface area contributed by atoms with Crippen molar-refractivity contribution in [1.82, 2.24) is 4.98 Å². The molecule has 4 aromatic rings. The highest BCUT2D eigenvalue weighted by molar-refractivity contribution is 6.02. The van der Waals surface area contributed by atoms with Crippen molar-refractivity contribution >= 4 is 33.3 Å². The Hall–Kier alpha value is -3.20. The van der Waals surface area contributed by atoms with E-state index in [0.29, 0.717) is 6.42 Å². The lowest BCUT2D eigenvalue weighted by atomic mass is 10.0.